The number of benzene rings is 1. The fraction of sp³-hybridized carbons (Fsp3) is 0.412. The Morgan fingerprint density at radius 2 is 2.18 bits per heavy atom. The first kappa shape index (κ1) is 14.8. The molecule has 5 nitrogen and oxygen atoms in total. The maximum Gasteiger partial charge on any atom is 0.237 e. The van der Waals surface area contributed by atoms with Crippen LogP contribution in [0.15, 0.2) is 42.7 Å². The van der Waals surface area contributed by atoms with E-state index in [4.69, 9.17) is 0 Å². The average Bonchev–Trinajstić information content (AvgIpc) is 3.00. The molecule has 2 atom stereocenters. The van der Waals surface area contributed by atoms with E-state index in [0.29, 0.717) is 0 Å². The zero-order valence-electron chi connectivity index (χ0n) is 12.8. The molecule has 3 rings (SSSR count). The molecular weight excluding hydrogens is 276 g/mol. The van der Waals surface area contributed by atoms with Gasteiger partial charge in [0, 0.05) is 25.0 Å². The Kier molecular flexibility index (Phi) is 4.53. The van der Waals surface area contributed by atoms with E-state index in [1.807, 2.05) is 35.1 Å². The zero-order valence-corrected chi connectivity index (χ0v) is 12.8. The van der Waals surface area contributed by atoms with Crippen LogP contribution in [0.1, 0.15) is 37.8 Å². The van der Waals surface area contributed by atoms with Gasteiger partial charge in [-0.25, -0.2) is 4.68 Å². The first-order valence-corrected chi connectivity index (χ1v) is 7.88. The van der Waals surface area contributed by atoms with Crippen LogP contribution in [0.2, 0.25) is 0 Å². The number of aromatic nitrogens is 2. The zero-order chi connectivity index (χ0) is 15.4. The predicted molar refractivity (Wildman–Crippen MR) is 85.8 cm³/mol. The lowest BCUT2D eigenvalue weighted by Gasteiger charge is -2.23. The van der Waals surface area contributed by atoms with Crippen LogP contribution >= 0.6 is 0 Å². The maximum absolute atomic E-state index is 12.1. The van der Waals surface area contributed by atoms with E-state index in [-0.39, 0.29) is 18.0 Å². The molecule has 1 aliphatic rings. The van der Waals surface area contributed by atoms with Crippen LogP contribution in [-0.2, 0) is 4.79 Å². The molecule has 2 heterocycles. The van der Waals surface area contributed by atoms with Crippen molar-refractivity contribution in [2.75, 3.05) is 6.54 Å². The van der Waals surface area contributed by atoms with Crippen LogP contribution in [0.5, 0.6) is 0 Å². The Bertz CT molecular complexity index is 623. The third kappa shape index (κ3) is 3.20. The molecule has 2 aromatic rings. The number of carbonyl (C=O) groups excluding carboxylic acids is 1. The van der Waals surface area contributed by atoms with Crippen LogP contribution < -0.4 is 10.6 Å². The summed E-state index contributed by atoms with van der Waals surface area (Å²) in [7, 11) is 0. The van der Waals surface area contributed by atoms with Crippen molar-refractivity contribution in [3.05, 3.63) is 48.3 Å². The Morgan fingerprint density at radius 3 is 3.00 bits per heavy atom. The summed E-state index contributed by atoms with van der Waals surface area (Å²) in [6.07, 6.45) is 6.73. The van der Waals surface area contributed by atoms with Gasteiger partial charge in [-0.3, -0.25) is 10.1 Å². The molecule has 1 aliphatic heterocycles. The van der Waals surface area contributed by atoms with Gasteiger partial charge in [-0.15, -0.1) is 0 Å². The van der Waals surface area contributed by atoms with Crippen LogP contribution in [0.3, 0.4) is 0 Å². The van der Waals surface area contributed by atoms with Gasteiger partial charge in [0.1, 0.15) is 0 Å². The highest BCUT2D eigenvalue weighted by molar-refractivity contribution is 5.82. The van der Waals surface area contributed by atoms with Gasteiger partial charge in [0.25, 0.3) is 0 Å². The van der Waals surface area contributed by atoms with Crippen LogP contribution in [-0.4, -0.2) is 28.3 Å². The standard InChI is InChI=1S/C17H22N4O/c1-13(20-15-8-4-5-10-18-17(15)22)14-7-2-3-9-16(14)21-12-6-11-19-21/h2-3,6-7,9,11-13,15,20H,4-5,8,10H2,1H3,(H,18,22)/t13-,15+/m0/s1. The summed E-state index contributed by atoms with van der Waals surface area (Å²) in [5.74, 6) is 0.112. The molecule has 0 radical (unpaired) electrons. The van der Waals surface area contributed by atoms with Crippen molar-refractivity contribution in [2.24, 2.45) is 0 Å². The highest BCUT2D eigenvalue weighted by atomic mass is 16.2. The molecule has 1 aromatic heterocycles. The molecule has 0 spiro atoms. The van der Waals surface area contributed by atoms with Crippen molar-refractivity contribution < 1.29 is 4.79 Å². The van der Waals surface area contributed by atoms with E-state index in [9.17, 15) is 4.79 Å². The van der Waals surface area contributed by atoms with Gasteiger partial charge in [0.15, 0.2) is 0 Å². The first-order chi connectivity index (χ1) is 10.8. The number of hydrogen-bond donors (Lipinski definition) is 2. The fourth-order valence-corrected chi connectivity index (χ4v) is 2.96. The second-order valence-electron chi connectivity index (χ2n) is 5.74. The Balaban J connectivity index is 1.80. The molecule has 1 amide bonds. The average molecular weight is 298 g/mol. The van der Waals surface area contributed by atoms with Gasteiger partial charge < -0.3 is 5.32 Å². The summed E-state index contributed by atoms with van der Waals surface area (Å²) in [6.45, 7) is 2.88. The molecule has 0 unspecified atom stereocenters. The highest BCUT2D eigenvalue weighted by Crippen LogP contribution is 2.22. The molecule has 22 heavy (non-hydrogen) atoms. The van der Waals surface area contributed by atoms with Crippen molar-refractivity contribution in [3.63, 3.8) is 0 Å². The molecule has 0 bridgehead atoms. The number of hydrogen-bond acceptors (Lipinski definition) is 3. The third-order valence-corrected chi connectivity index (χ3v) is 4.14. The van der Waals surface area contributed by atoms with E-state index < -0.39 is 0 Å². The van der Waals surface area contributed by atoms with Gasteiger partial charge in [0.05, 0.1) is 11.7 Å². The SMILES string of the molecule is C[C@H](N[C@@H]1CCCCNC1=O)c1ccccc1-n1cccn1. The lowest BCUT2D eigenvalue weighted by molar-refractivity contribution is -0.123. The van der Waals surface area contributed by atoms with Crippen molar-refractivity contribution >= 4 is 5.91 Å². The molecule has 116 valence electrons. The molecule has 0 aliphatic carbocycles. The van der Waals surface area contributed by atoms with Crippen LogP contribution in [0, 0.1) is 0 Å². The fourth-order valence-electron chi connectivity index (χ4n) is 2.96. The first-order valence-electron chi connectivity index (χ1n) is 7.88. The van der Waals surface area contributed by atoms with E-state index >= 15 is 0 Å². The van der Waals surface area contributed by atoms with Crippen molar-refractivity contribution in [3.8, 4) is 5.69 Å². The van der Waals surface area contributed by atoms with Crippen molar-refractivity contribution in [1.29, 1.82) is 0 Å². The van der Waals surface area contributed by atoms with Crippen molar-refractivity contribution in [1.82, 2.24) is 20.4 Å². The van der Waals surface area contributed by atoms with Gasteiger partial charge in [-0.2, -0.15) is 5.10 Å². The summed E-state index contributed by atoms with van der Waals surface area (Å²) < 4.78 is 1.86. The van der Waals surface area contributed by atoms with E-state index in [0.717, 1.165) is 37.1 Å². The van der Waals surface area contributed by atoms with Crippen molar-refractivity contribution in [2.45, 2.75) is 38.3 Å². The molecule has 1 fully saturated rings. The molecular formula is C17H22N4O. The third-order valence-electron chi connectivity index (χ3n) is 4.14. The summed E-state index contributed by atoms with van der Waals surface area (Å²) in [5.41, 5.74) is 2.18. The quantitative estimate of drug-likeness (QED) is 0.909. The molecule has 0 saturated carbocycles. The number of nitrogens with one attached hydrogen (secondary N) is 2. The maximum atomic E-state index is 12.1. The number of para-hydroxylation sites is 1. The number of nitrogens with zero attached hydrogens (tertiary/aromatic N) is 2. The minimum atomic E-state index is -0.122. The summed E-state index contributed by atoms with van der Waals surface area (Å²) in [6, 6.07) is 10.0. The van der Waals surface area contributed by atoms with Crippen LogP contribution in [0.25, 0.3) is 5.69 Å². The molecule has 1 aromatic carbocycles. The largest absolute Gasteiger partial charge is 0.355 e. The second-order valence-corrected chi connectivity index (χ2v) is 5.74. The lowest BCUT2D eigenvalue weighted by atomic mass is 10.0. The van der Waals surface area contributed by atoms with E-state index in [1.165, 1.54) is 0 Å². The highest BCUT2D eigenvalue weighted by Gasteiger charge is 2.23. The summed E-state index contributed by atoms with van der Waals surface area (Å²) >= 11 is 0. The Morgan fingerprint density at radius 1 is 1.32 bits per heavy atom. The lowest BCUT2D eigenvalue weighted by Crippen LogP contribution is -2.43. The predicted octanol–water partition coefficient (Wildman–Crippen LogP) is 2.19. The van der Waals surface area contributed by atoms with E-state index in [2.05, 4.69) is 28.7 Å². The van der Waals surface area contributed by atoms with Gasteiger partial charge >= 0.3 is 0 Å². The minimum Gasteiger partial charge on any atom is -0.355 e. The normalized spacial score (nSPS) is 20.2. The van der Waals surface area contributed by atoms with Crippen LogP contribution in [0.4, 0.5) is 0 Å². The summed E-state index contributed by atoms with van der Waals surface area (Å²) in [5, 5.41) is 10.8. The Labute approximate surface area is 130 Å². The molecule has 1 saturated heterocycles. The summed E-state index contributed by atoms with van der Waals surface area (Å²) in [4.78, 5) is 12.1. The Hall–Kier alpha value is -2.14. The monoisotopic (exact) mass is 298 g/mol. The number of amides is 1. The van der Waals surface area contributed by atoms with Gasteiger partial charge in [-0.1, -0.05) is 18.2 Å². The number of rotatable bonds is 4. The topological polar surface area (TPSA) is 58.9 Å². The molecule has 5 heteroatoms. The second kappa shape index (κ2) is 6.75. The van der Waals surface area contributed by atoms with E-state index in [1.54, 1.807) is 6.20 Å². The molecule has 2 N–H and O–H groups in total. The minimum absolute atomic E-state index is 0.0780. The number of carbonyl (C=O) groups is 1. The van der Waals surface area contributed by atoms with Gasteiger partial charge in [0.2, 0.25) is 5.91 Å². The smallest absolute Gasteiger partial charge is 0.237 e. The van der Waals surface area contributed by atoms with Gasteiger partial charge in [-0.05, 0) is 43.9 Å².